The zero-order valence-corrected chi connectivity index (χ0v) is 27.1. The third-order valence-electron chi connectivity index (χ3n) is 14.0. The molecule has 5 fully saturated rings. The van der Waals surface area contributed by atoms with Crippen molar-refractivity contribution < 1.29 is 14.6 Å². The summed E-state index contributed by atoms with van der Waals surface area (Å²) in [6.07, 6.45) is 15.3. The molecule has 0 heterocycles. The van der Waals surface area contributed by atoms with Gasteiger partial charge in [0.25, 0.3) is 0 Å². The van der Waals surface area contributed by atoms with Crippen molar-refractivity contribution in [1.29, 1.82) is 0 Å². The molecule has 0 bridgehead atoms. The van der Waals surface area contributed by atoms with Gasteiger partial charge in [0, 0.05) is 11.5 Å². The van der Waals surface area contributed by atoms with Crippen LogP contribution in [-0.2, 0) is 9.53 Å². The molecule has 3 heteroatoms. The minimum atomic E-state index is -0.243. The fourth-order valence-electron chi connectivity index (χ4n) is 11.6. The molecule has 0 radical (unpaired) electrons. The number of allylic oxidation sites excluding steroid dienone is 1. The molecule has 0 aliphatic heterocycles. The van der Waals surface area contributed by atoms with Crippen molar-refractivity contribution in [1.82, 2.24) is 0 Å². The number of ether oxygens (including phenoxy) is 1. The van der Waals surface area contributed by atoms with Gasteiger partial charge in [-0.2, -0.15) is 0 Å². The van der Waals surface area contributed by atoms with E-state index < -0.39 is 0 Å². The Bertz CT molecular complexity index is 1190. The number of carbonyl (C=O) groups excluding carboxylic acids is 1. The Labute approximate surface area is 255 Å². The Balaban J connectivity index is 1.12. The molecule has 5 aliphatic carbocycles. The summed E-state index contributed by atoms with van der Waals surface area (Å²) >= 11 is 0. The largest absolute Gasteiger partial charge is 0.508 e. The summed E-state index contributed by atoms with van der Waals surface area (Å²) in [4.78, 5) is 12.9. The van der Waals surface area contributed by atoms with E-state index in [1.165, 1.54) is 56.9 Å². The van der Waals surface area contributed by atoms with E-state index in [0.717, 1.165) is 59.3 Å². The lowest BCUT2D eigenvalue weighted by atomic mass is 9.46. The molecule has 0 amide bonds. The fourth-order valence-corrected chi connectivity index (χ4v) is 11.6. The maximum Gasteiger partial charge on any atom is 0.331 e. The van der Waals surface area contributed by atoms with E-state index in [-0.39, 0.29) is 23.2 Å². The van der Waals surface area contributed by atoms with Crippen LogP contribution < -0.4 is 0 Å². The van der Waals surface area contributed by atoms with Crippen molar-refractivity contribution in [2.75, 3.05) is 0 Å². The van der Waals surface area contributed by atoms with Gasteiger partial charge in [-0.1, -0.05) is 58.9 Å². The Morgan fingerprint density at radius 1 is 0.952 bits per heavy atom. The minimum absolute atomic E-state index is 0.00770. The van der Waals surface area contributed by atoms with Gasteiger partial charge in [0.15, 0.2) is 0 Å². The van der Waals surface area contributed by atoms with E-state index in [1.807, 2.05) is 12.1 Å². The number of hydrogen-bond donors (Lipinski definition) is 1. The van der Waals surface area contributed by atoms with Crippen LogP contribution >= 0.6 is 0 Å². The first kappa shape index (κ1) is 30.0. The van der Waals surface area contributed by atoms with Gasteiger partial charge >= 0.3 is 5.97 Å². The smallest absolute Gasteiger partial charge is 0.331 e. The van der Waals surface area contributed by atoms with E-state index in [4.69, 9.17) is 4.74 Å². The molecule has 5 aliphatic rings. The highest BCUT2D eigenvalue weighted by atomic mass is 16.5. The van der Waals surface area contributed by atoms with Crippen molar-refractivity contribution in [3.8, 4) is 5.75 Å². The van der Waals surface area contributed by atoms with Gasteiger partial charge in [-0.05, 0) is 153 Å². The Hall–Kier alpha value is -2.03. The number of carbonyl (C=O) groups is 1. The van der Waals surface area contributed by atoms with Gasteiger partial charge in [0.2, 0.25) is 0 Å². The molecule has 3 nitrogen and oxygen atoms in total. The number of aromatic hydroxyl groups is 1. The van der Waals surface area contributed by atoms with Crippen LogP contribution in [0.15, 0.2) is 42.5 Å². The molecule has 230 valence electrons. The van der Waals surface area contributed by atoms with Gasteiger partial charge in [0.1, 0.15) is 11.9 Å². The van der Waals surface area contributed by atoms with Crippen molar-refractivity contribution in [3.05, 3.63) is 48.1 Å². The number of rotatable bonds is 8. The van der Waals surface area contributed by atoms with Crippen molar-refractivity contribution in [2.45, 2.75) is 105 Å². The number of phenols is 1. The predicted molar refractivity (Wildman–Crippen MR) is 172 cm³/mol. The van der Waals surface area contributed by atoms with Crippen molar-refractivity contribution in [3.63, 3.8) is 0 Å². The van der Waals surface area contributed by atoms with Gasteiger partial charge in [0.05, 0.1) is 0 Å². The van der Waals surface area contributed by atoms with E-state index >= 15 is 0 Å². The predicted octanol–water partition coefficient (Wildman–Crippen LogP) is 9.71. The molecule has 1 aromatic carbocycles. The summed E-state index contributed by atoms with van der Waals surface area (Å²) in [6, 6.07) is 6.90. The highest BCUT2D eigenvalue weighted by Gasteiger charge is 2.70. The number of benzene rings is 1. The lowest BCUT2D eigenvalue weighted by Gasteiger charge is -2.60. The molecule has 5 saturated carbocycles. The standard InChI is InChI=1S/C39H56O3/c1-23(2)24(3)8-9-25(4)31-18-19-33-29-15-17-32-28(37(29)30-22-34(30)39(31,33)7)16-20-35(38(32,5)6)42-36(41)21-12-26-10-13-27(40)14-11-26/h10-14,21,24-25,28-35,37,40H,1,8-9,15-20,22H2,2-7H3/t24-,25-,28+,29-,30-,31-,32+,33-,34-,35+,37-,39+/m0/s1. The normalized spacial score (nSPS) is 41.1. The van der Waals surface area contributed by atoms with Crippen LogP contribution in [0.25, 0.3) is 6.08 Å². The summed E-state index contributed by atoms with van der Waals surface area (Å²) in [5, 5.41) is 9.52. The van der Waals surface area contributed by atoms with E-state index in [0.29, 0.717) is 17.3 Å². The molecule has 0 aromatic heterocycles. The SMILES string of the molecule is C=C(C)[C@@H](C)CC[C@H](C)[C@@H]1CC[C@H]2[C@@H]3CC[C@@H]4[C@@H](CC[C@@H](OC(=O)C=Cc5ccc(O)cc5)C4(C)C)[C@@H]3[C@H]3C[C@@H]3[C@@]21C. The molecule has 0 saturated heterocycles. The molecular weight excluding hydrogens is 516 g/mol. The molecule has 6 rings (SSSR count). The van der Waals surface area contributed by atoms with Crippen LogP contribution in [0.4, 0.5) is 0 Å². The van der Waals surface area contributed by atoms with E-state index in [9.17, 15) is 9.90 Å². The van der Waals surface area contributed by atoms with Crippen LogP contribution in [0.3, 0.4) is 0 Å². The molecular formula is C39H56O3. The monoisotopic (exact) mass is 572 g/mol. The highest BCUT2D eigenvalue weighted by molar-refractivity contribution is 5.87. The topological polar surface area (TPSA) is 46.5 Å². The average molecular weight is 573 g/mol. The maximum atomic E-state index is 12.9. The lowest BCUT2D eigenvalue weighted by molar-refractivity contribution is -0.171. The second-order valence-electron chi connectivity index (χ2n) is 16.3. The third-order valence-corrected chi connectivity index (χ3v) is 14.0. The first-order chi connectivity index (χ1) is 19.9. The zero-order valence-electron chi connectivity index (χ0n) is 27.1. The molecule has 0 spiro atoms. The number of esters is 1. The number of fused-ring (bicyclic) bond motifs is 8. The summed E-state index contributed by atoms with van der Waals surface area (Å²) < 4.78 is 6.17. The first-order valence-corrected chi connectivity index (χ1v) is 17.3. The Morgan fingerprint density at radius 3 is 2.33 bits per heavy atom. The van der Waals surface area contributed by atoms with Crippen LogP contribution in [0, 0.1) is 70.0 Å². The Kier molecular flexibility index (Phi) is 7.97. The van der Waals surface area contributed by atoms with Gasteiger partial charge < -0.3 is 9.84 Å². The van der Waals surface area contributed by atoms with E-state index in [2.05, 4.69) is 48.1 Å². The van der Waals surface area contributed by atoms with Gasteiger partial charge in [-0.3, -0.25) is 0 Å². The van der Waals surface area contributed by atoms with Crippen LogP contribution in [0.2, 0.25) is 0 Å². The third kappa shape index (κ3) is 5.09. The maximum absolute atomic E-state index is 12.9. The van der Waals surface area contributed by atoms with Crippen LogP contribution in [0.5, 0.6) is 5.75 Å². The molecule has 0 unspecified atom stereocenters. The second-order valence-corrected chi connectivity index (χ2v) is 16.3. The minimum Gasteiger partial charge on any atom is -0.508 e. The average Bonchev–Trinajstić information content (AvgIpc) is 3.68. The van der Waals surface area contributed by atoms with Crippen molar-refractivity contribution >= 4 is 12.0 Å². The van der Waals surface area contributed by atoms with Gasteiger partial charge in [-0.25, -0.2) is 4.79 Å². The fraction of sp³-hybridized carbons (Fsp3) is 0.718. The second kappa shape index (κ2) is 11.2. The number of hydrogen-bond acceptors (Lipinski definition) is 3. The lowest BCUT2D eigenvalue weighted by Crippen LogP contribution is -2.56. The number of phenolic OH excluding ortho intramolecular Hbond substituents is 1. The highest BCUT2D eigenvalue weighted by Crippen LogP contribution is 2.76. The van der Waals surface area contributed by atoms with Gasteiger partial charge in [-0.15, -0.1) is 0 Å². The molecule has 42 heavy (non-hydrogen) atoms. The summed E-state index contributed by atoms with van der Waals surface area (Å²) in [6.45, 7) is 18.9. The van der Waals surface area contributed by atoms with Crippen LogP contribution in [-0.4, -0.2) is 17.2 Å². The molecule has 1 aromatic rings. The first-order valence-electron chi connectivity index (χ1n) is 17.3. The Morgan fingerprint density at radius 2 is 1.62 bits per heavy atom. The summed E-state index contributed by atoms with van der Waals surface area (Å²) in [7, 11) is 0. The molecule has 12 atom stereocenters. The summed E-state index contributed by atoms with van der Waals surface area (Å²) in [5.41, 5.74) is 2.79. The summed E-state index contributed by atoms with van der Waals surface area (Å²) in [5.74, 6) is 8.41. The van der Waals surface area contributed by atoms with Crippen LogP contribution in [0.1, 0.15) is 105 Å². The molecule has 1 N–H and O–H groups in total. The zero-order chi connectivity index (χ0) is 30.0. The quantitative estimate of drug-likeness (QED) is 0.192. The van der Waals surface area contributed by atoms with Crippen molar-refractivity contribution in [2.24, 2.45) is 70.0 Å². The van der Waals surface area contributed by atoms with E-state index in [1.54, 1.807) is 24.3 Å².